The Morgan fingerprint density at radius 3 is 2.71 bits per heavy atom. The molecule has 1 saturated carbocycles. The first-order chi connectivity index (χ1) is 11.7. The summed E-state index contributed by atoms with van der Waals surface area (Å²) in [6.45, 7) is 2.03. The zero-order valence-electron chi connectivity index (χ0n) is 13.4. The molecule has 0 aliphatic heterocycles. The first-order valence-electron chi connectivity index (χ1n) is 8.09. The van der Waals surface area contributed by atoms with Crippen LogP contribution in [0.5, 0.6) is 11.6 Å². The Bertz CT molecular complexity index is 882. The third-order valence-corrected chi connectivity index (χ3v) is 4.27. The number of aryl methyl sites for hydroxylation is 1. The minimum Gasteiger partial charge on any atom is -0.438 e. The van der Waals surface area contributed by atoms with Crippen molar-refractivity contribution in [2.75, 3.05) is 5.32 Å². The molecule has 1 fully saturated rings. The van der Waals surface area contributed by atoms with E-state index in [9.17, 15) is 4.79 Å². The van der Waals surface area contributed by atoms with Crippen molar-refractivity contribution in [3.8, 4) is 11.6 Å². The number of amides is 1. The number of carbonyl (C=O) groups excluding carboxylic acids is 1. The molecule has 1 amide bonds. The number of anilines is 1. The van der Waals surface area contributed by atoms with Gasteiger partial charge in [-0.25, -0.2) is 9.50 Å². The predicted octanol–water partition coefficient (Wildman–Crippen LogP) is 3.57. The van der Waals surface area contributed by atoms with Gasteiger partial charge in [-0.05, 0) is 38.0 Å². The molecule has 2 heterocycles. The molecule has 0 unspecified atom stereocenters. The molecule has 1 aliphatic rings. The highest BCUT2D eigenvalue weighted by atomic mass is 16.5. The largest absolute Gasteiger partial charge is 0.438 e. The summed E-state index contributed by atoms with van der Waals surface area (Å²) < 4.78 is 7.36. The molecule has 0 spiro atoms. The summed E-state index contributed by atoms with van der Waals surface area (Å²) in [5.74, 6) is 1.89. The molecule has 1 N–H and O–H groups in total. The Hall–Kier alpha value is -2.89. The Kier molecular flexibility index (Phi) is 3.65. The number of carbonyl (C=O) groups is 1. The van der Waals surface area contributed by atoms with E-state index in [0.29, 0.717) is 17.3 Å². The third kappa shape index (κ3) is 2.95. The fraction of sp³-hybridized carbons (Fsp3) is 0.278. The topological polar surface area (TPSA) is 68.5 Å². The van der Waals surface area contributed by atoms with E-state index in [4.69, 9.17) is 4.74 Å². The van der Waals surface area contributed by atoms with Crippen molar-refractivity contribution in [1.29, 1.82) is 0 Å². The molecule has 24 heavy (non-hydrogen) atoms. The van der Waals surface area contributed by atoms with Crippen molar-refractivity contribution in [3.63, 3.8) is 0 Å². The monoisotopic (exact) mass is 322 g/mol. The molecule has 2 aromatic heterocycles. The maximum atomic E-state index is 12.0. The van der Waals surface area contributed by atoms with Crippen molar-refractivity contribution < 1.29 is 9.53 Å². The molecular formula is C18H18N4O2. The van der Waals surface area contributed by atoms with Crippen LogP contribution in [-0.2, 0) is 4.79 Å². The fourth-order valence-electron chi connectivity index (χ4n) is 2.60. The quantitative estimate of drug-likeness (QED) is 0.797. The number of imidazole rings is 1. The molecule has 0 bridgehead atoms. The minimum atomic E-state index is 0.0424. The molecule has 0 saturated heterocycles. The highest BCUT2D eigenvalue weighted by Crippen LogP contribution is 2.27. The molecule has 0 atom stereocenters. The predicted molar refractivity (Wildman–Crippen MR) is 90.2 cm³/mol. The number of benzene rings is 1. The molecule has 6 nitrogen and oxygen atoms in total. The van der Waals surface area contributed by atoms with Crippen LogP contribution >= 0.6 is 0 Å². The highest BCUT2D eigenvalue weighted by Gasteiger charge is 2.25. The van der Waals surface area contributed by atoms with E-state index in [0.717, 1.165) is 25.0 Å². The molecule has 1 aromatic carbocycles. The second-order valence-electron chi connectivity index (χ2n) is 6.13. The van der Waals surface area contributed by atoms with Crippen LogP contribution in [0.1, 0.15) is 24.8 Å². The molecule has 4 rings (SSSR count). The number of ether oxygens (including phenoxy) is 1. The summed E-state index contributed by atoms with van der Waals surface area (Å²) in [4.78, 5) is 16.4. The van der Waals surface area contributed by atoms with E-state index in [2.05, 4.69) is 15.4 Å². The van der Waals surface area contributed by atoms with E-state index in [1.807, 2.05) is 37.3 Å². The lowest BCUT2D eigenvalue weighted by molar-refractivity contribution is -0.122. The van der Waals surface area contributed by atoms with Crippen molar-refractivity contribution in [2.45, 2.75) is 26.2 Å². The summed E-state index contributed by atoms with van der Waals surface area (Å²) in [7, 11) is 0. The van der Waals surface area contributed by atoms with Crippen molar-refractivity contribution >= 4 is 17.4 Å². The average molecular weight is 322 g/mol. The van der Waals surface area contributed by atoms with Gasteiger partial charge in [0.1, 0.15) is 5.75 Å². The van der Waals surface area contributed by atoms with Crippen molar-refractivity contribution in [1.82, 2.24) is 14.6 Å². The van der Waals surface area contributed by atoms with Crippen molar-refractivity contribution in [2.24, 2.45) is 5.92 Å². The minimum absolute atomic E-state index is 0.0424. The van der Waals surface area contributed by atoms with Gasteiger partial charge in [0.15, 0.2) is 11.5 Å². The van der Waals surface area contributed by atoms with Gasteiger partial charge in [-0.15, -0.1) is 5.10 Å². The van der Waals surface area contributed by atoms with Crippen LogP contribution in [0.25, 0.3) is 5.65 Å². The number of hydrogen-bond donors (Lipinski definition) is 1. The lowest BCUT2D eigenvalue weighted by Crippen LogP contribution is -2.28. The molecule has 0 radical (unpaired) electrons. The standard InChI is InChI=1S/C18H18N4O2/c1-12-5-7-14(8-6-12)24-17-10-9-16-19-15(11-22(16)21-17)20-18(23)13-3-2-4-13/h5-11,13H,2-4H2,1H3,(H,20,23). The molecule has 1 aliphatic carbocycles. The van der Waals surface area contributed by atoms with Gasteiger partial charge in [0.2, 0.25) is 11.8 Å². The van der Waals surface area contributed by atoms with Gasteiger partial charge in [0.05, 0.1) is 6.20 Å². The Labute approximate surface area is 139 Å². The first kappa shape index (κ1) is 14.7. The smallest absolute Gasteiger partial charge is 0.237 e. The Morgan fingerprint density at radius 1 is 1.21 bits per heavy atom. The van der Waals surface area contributed by atoms with Gasteiger partial charge in [-0.1, -0.05) is 24.1 Å². The van der Waals surface area contributed by atoms with Crippen LogP contribution < -0.4 is 10.1 Å². The number of fused-ring (bicyclic) bond motifs is 1. The number of nitrogens with one attached hydrogen (secondary N) is 1. The Balaban J connectivity index is 1.52. The fourth-order valence-corrected chi connectivity index (χ4v) is 2.60. The molecule has 122 valence electrons. The van der Waals surface area contributed by atoms with Gasteiger partial charge in [0, 0.05) is 12.0 Å². The normalized spacial score (nSPS) is 14.4. The second kappa shape index (κ2) is 5.96. The molecular weight excluding hydrogens is 304 g/mol. The molecule has 3 aromatic rings. The van der Waals surface area contributed by atoms with Crippen LogP contribution in [0.15, 0.2) is 42.6 Å². The summed E-state index contributed by atoms with van der Waals surface area (Å²) in [6.07, 6.45) is 4.76. The maximum absolute atomic E-state index is 12.0. The SMILES string of the molecule is Cc1ccc(Oc2ccc3nc(NC(=O)C4CCC4)cn3n2)cc1. The average Bonchev–Trinajstić information content (AvgIpc) is 2.89. The summed E-state index contributed by atoms with van der Waals surface area (Å²) in [5, 5.41) is 7.24. The van der Waals surface area contributed by atoms with Crippen molar-refractivity contribution in [3.05, 3.63) is 48.2 Å². The highest BCUT2D eigenvalue weighted by molar-refractivity contribution is 5.92. The van der Waals surface area contributed by atoms with Crippen LogP contribution in [0.3, 0.4) is 0 Å². The number of rotatable bonds is 4. The van der Waals surface area contributed by atoms with Gasteiger partial charge < -0.3 is 10.1 Å². The summed E-state index contributed by atoms with van der Waals surface area (Å²) in [6, 6.07) is 11.4. The number of hydrogen-bond acceptors (Lipinski definition) is 4. The molecule has 6 heteroatoms. The van der Waals surface area contributed by atoms with Crippen LogP contribution in [0, 0.1) is 12.8 Å². The van der Waals surface area contributed by atoms with E-state index in [1.165, 1.54) is 5.56 Å². The van der Waals surface area contributed by atoms with Gasteiger partial charge in [-0.2, -0.15) is 0 Å². The van der Waals surface area contributed by atoms with E-state index in [-0.39, 0.29) is 11.8 Å². The summed E-state index contributed by atoms with van der Waals surface area (Å²) >= 11 is 0. The van der Waals surface area contributed by atoms with Gasteiger partial charge in [-0.3, -0.25) is 4.79 Å². The summed E-state index contributed by atoms with van der Waals surface area (Å²) in [5.41, 5.74) is 1.84. The first-order valence-corrected chi connectivity index (χ1v) is 8.09. The van der Waals surface area contributed by atoms with E-state index in [1.54, 1.807) is 16.8 Å². The van der Waals surface area contributed by atoms with Crippen LogP contribution in [0.4, 0.5) is 5.82 Å². The number of nitrogens with zero attached hydrogens (tertiary/aromatic N) is 3. The Morgan fingerprint density at radius 2 is 2.00 bits per heavy atom. The van der Waals surface area contributed by atoms with Gasteiger partial charge >= 0.3 is 0 Å². The number of aromatic nitrogens is 3. The maximum Gasteiger partial charge on any atom is 0.237 e. The van der Waals surface area contributed by atoms with Crippen LogP contribution in [-0.4, -0.2) is 20.5 Å². The second-order valence-corrected chi connectivity index (χ2v) is 6.13. The van der Waals surface area contributed by atoms with Crippen LogP contribution in [0.2, 0.25) is 0 Å². The van der Waals surface area contributed by atoms with E-state index >= 15 is 0 Å². The van der Waals surface area contributed by atoms with E-state index < -0.39 is 0 Å². The third-order valence-electron chi connectivity index (χ3n) is 4.27. The lowest BCUT2D eigenvalue weighted by Gasteiger charge is -2.23. The lowest BCUT2D eigenvalue weighted by atomic mass is 9.85. The zero-order valence-corrected chi connectivity index (χ0v) is 13.4. The van der Waals surface area contributed by atoms with Gasteiger partial charge in [0.25, 0.3) is 0 Å². The zero-order chi connectivity index (χ0) is 16.5.